The molecule has 0 unspecified atom stereocenters. The largest absolute Gasteiger partial charge is 0.384 e. The Morgan fingerprint density at radius 2 is 1.79 bits per heavy atom. The molecule has 1 aromatic carbocycles. The van der Waals surface area contributed by atoms with Crippen molar-refractivity contribution in [3.8, 4) is 5.69 Å². The van der Waals surface area contributed by atoms with Crippen molar-refractivity contribution in [1.29, 1.82) is 0 Å². The Bertz CT molecular complexity index is 445. The van der Waals surface area contributed by atoms with Crippen LogP contribution in [0.2, 0.25) is 10.0 Å². The van der Waals surface area contributed by atoms with Gasteiger partial charge in [0.05, 0.1) is 11.9 Å². The van der Waals surface area contributed by atoms with E-state index in [9.17, 15) is 0 Å². The van der Waals surface area contributed by atoms with Gasteiger partial charge in [-0.25, -0.2) is 4.68 Å². The van der Waals surface area contributed by atoms with E-state index >= 15 is 0 Å². The van der Waals surface area contributed by atoms with Crippen molar-refractivity contribution < 1.29 is 0 Å². The van der Waals surface area contributed by atoms with Crippen molar-refractivity contribution in [2.75, 3.05) is 5.73 Å². The molecule has 72 valence electrons. The highest BCUT2D eigenvalue weighted by molar-refractivity contribution is 6.34. The second kappa shape index (κ2) is 3.52. The Hall–Kier alpha value is -1.19. The lowest BCUT2D eigenvalue weighted by atomic mass is 10.3. The van der Waals surface area contributed by atoms with Gasteiger partial charge in [0.2, 0.25) is 0 Å². The minimum Gasteiger partial charge on any atom is -0.384 e. The van der Waals surface area contributed by atoms with Crippen LogP contribution in [-0.2, 0) is 0 Å². The van der Waals surface area contributed by atoms with Crippen LogP contribution < -0.4 is 5.73 Å². The second-order valence-electron chi connectivity index (χ2n) is 2.80. The number of hydrogen-bond donors (Lipinski definition) is 1. The summed E-state index contributed by atoms with van der Waals surface area (Å²) >= 11 is 11.7. The van der Waals surface area contributed by atoms with Crippen molar-refractivity contribution in [2.24, 2.45) is 0 Å². The third kappa shape index (κ3) is 1.69. The standard InChI is InChI=1S/C9H7Cl2N3/c10-6-3-7(11)5-8(4-6)14-9(12)1-2-13-14/h1-5H,12H2. The van der Waals surface area contributed by atoms with E-state index in [2.05, 4.69) is 5.10 Å². The van der Waals surface area contributed by atoms with E-state index in [0.717, 1.165) is 5.69 Å². The predicted octanol–water partition coefficient (Wildman–Crippen LogP) is 2.76. The highest BCUT2D eigenvalue weighted by Crippen LogP contribution is 2.22. The van der Waals surface area contributed by atoms with E-state index in [0.29, 0.717) is 15.9 Å². The molecule has 0 fully saturated rings. The molecule has 1 aromatic heterocycles. The van der Waals surface area contributed by atoms with Gasteiger partial charge in [0.1, 0.15) is 5.82 Å². The molecule has 0 amide bonds. The van der Waals surface area contributed by atoms with Crippen LogP contribution in [0.5, 0.6) is 0 Å². The Labute approximate surface area is 91.0 Å². The maximum Gasteiger partial charge on any atom is 0.127 e. The molecule has 2 aromatic rings. The van der Waals surface area contributed by atoms with Crippen LogP contribution in [0.25, 0.3) is 5.69 Å². The summed E-state index contributed by atoms with van der Waals surface area (Å²) in [6.07, 6.45) is 1.62. The molecule has 0 bridgehead atoms. The van der Waals surface area contributed by atoms with Gasteiger partial charge in [-0.2, -0.15) is 5.10 Å². The van der Waals surface area contributed by atoms with Gasteiger partial charge in [-0.15, -0.1) is 0 Å². The molecule has 0 aliphatic rings. The molecule has 5 heteroatoms. The van der Waals surface area contributed by atoms with Crippen LogP contribution in [0.3, 0.4) is 0 Å². The molecular formula is C9H7Cl2N3. The Balaban J connectivity index is 2.57. The van der Waals surface area contributed by atoms with Gasteiger partial charge in [0.15, 0.2) is 0 Å². The molecule has 14 heavy (non-hydrogen) atoms. The van der Waals surface area contributed by atoms with E-state index in [1.54, 1.807) is 35.1 Å². The summed E-state index contributed by atoms with van der Waals surface area (Å²) in [6, 6.07) is 6.86. The Morgan fingerprint density at radius 1 is 1.14 bits per heavy atom. The van der Waals surface area contributed by atoms with Crippen LogP contribution in [0.1, 0.15) is 0 Å². The monoisotopic (exact) mass is 227 g/mol. The zero-order chi connectivity index (χ0) is 10.1. The van der Waals surface area contributed by atoms with Crippen LogP contribution in [-0.4, -0.2) is 9.78 Å². The van der Waals surface area contributed by atoms with Gasteiger partial charge in [0, 0.05) is 16.1 Å². The molecule has 0 saturated heterocycles. The first-order valence-electron chi connectivity index (χ1n) is 3.93. The topological polar surface area (TPSA) is 43.8 Å². The first-order chi connectivity index (χ1) is 6.66. The lowest BCUT2D eigenvalue weighted by molar-refractivity contribution is 0.891. The molecule has 2 N–H and O–H groups in total. The number of rotatable bonds is 1. The fourth-order valence-corrected chi connectivity index (χ4v) is 1.71. The van der Waals surface area contributed by atoms with Gasteiger partial charge < -0.3 is 5.73 Å². The summed E-state index contributed by atoms with van der Waals surface area (Å²) in [7, 11) is 0. The van der Waals surface area contributed by atoms with Gasteiger partial charge in [-0.3, -0.25) is 0 Å². The van der Waals surface area contributed by atoms with E-state index < -0.39 is 0 Å². The van der Waals surface area contributed by atoms with Crippen molar-refractivity contribution >= 4 is 29.0 Å². The van der Waals surface area contributed by atoms with Crippen LogP contribution in [0, 0.1) is 0 Å². The zero-order valence-corrected chi connectivity index (χ0v) is 8.63. The Kier molecular flexibility index (Phi) is 2.35. The molecule has 2 rings (SSSR count). The lowest BCUT2D eigenvalue weighted by Gasteiger charge is -2.04. The predicted molar refractivity (Wildman–Crippen MR) is 58.0 cm³/mol. The average Bonchev–Trinajstić information content (AvgIpc) is 2.49. The second-order valence-corrected chi connectivity index (χ2v) is 3.67. The maximum absolute atomic E-state index is 5.85. The fourth-order valence-electron chi connectivity index (χ4n) is 1.19. The SMILES string of the molecule is Nc1ccnn1-c1cc(Cl)cc(Cl)c1. The number of nitrogen functional groups attached to an aromatic ring is 1. The highest BCUT2D eigenvalue weighted by Gasteiger charge is 2.03. The lowest BCUT2D eigenvalue weighted by Crippen LogP contribution is -2.01. The number of hydrogen-bond acceptors (Lipinski definition) is 2. The first-order valence-corrected chi connectivity index (χ1v) is 4.68. The minimum absolute atomic E-state index is 0.545. The summed E-state index contributed by atoms with van der Waals surface area (Å²) in [5.41, 5.74) is 6.44. The molecule has 3 nitrogen and oxygen atoms in total. The number of nitrogens with zero attached hydrogens (tertiary/aromatic N) is 2. The van der Waals surface area contributed by atoms with Crippen molar-refractivity contribution in [1.82, 2.24) is 9.78 Å². The first kappa shape index (κ1) is 9.37. The highest BCUT2D eigenvalue weighted by atomic mass is 35.5. The van der Waals surface area contributed by atoms with Crippen LogP contribution in [0.15, 0.2) is 30.5 Å². The third-order valence-corrected chi connectivity index (χ3v) is 2.20. The number of aromatic nitrogens is 2. The number of nitrogens with two attached hydrogens (primary N) is 1. The summed E-state index contributed by atoms with van der Waals surface area (Å²) in [6.45, 7) is 0. The van der Waals surface area contributed by atoms with E-state index in [-0.39, 0.29) is 0 Å². The summed E-state index contributed by atoms with van der Waals surface area (Å²) in [4.78, 5) is 0. The zero-order valence-electron chi connectivity index (χ0n) is 7.11. The summed E-state index contributed by atoms with van der Waals surface area (Å²) in [5.74, 6) is 0.545. The van der Waals surface area contributed by atoms with Crippen LogP contribution >= 0.6 is 23.2 Å². The smallest absolute Gasteiger partial charge is 0.127 e. The summed E-state index contributed by atoms with van der Waals surface area (Å²) < 4.78 is 1.57. The Morgan fingerprint density at radius 3 is 2.29 bits per heavy atom. The molecule has 0 atom stereocenters. The molecule has 0 aliphatic heterocycles. The minimum atomic E-state index is 0.545. The number of halogens is 2. The molecule has 0 radical (unpaired) electrons. The van der Waals surface area contributed by atoms with E-state index in [1.165, 1.54) is 0 Å². The third-order valence-electron chi connectivity index (χ3n) is 1.76. The normalized spacial score (nSPS) is 10.4. The van der Waals surface area contributed by atoms with Gasteiger partial charge in [0.25, 0.3) is 0 Å². The number of benzene rings is 1. The average molecular weight is 228 g/mol. The molecule has 0 saturated carbocycles. The maximum atomic E-state index is 5.85. The molecule has 0 aliphatic carbocycles. The van der Waals surface area contributed by atoms with Crippen molar-refractivity contribution in [2.45, 2.75) is 0 Å². The van der Waals surface area contributed by atoms with E-state index in [4.69, 9.17) is 28.9 Å². The number of anilines is 1. The molecule has 1 heterocycles. The summed E-state index contributed by atoms with van der Waals surface area (Å²) in [5, 5.41) is 5.16. The van der Waals surface area contributed by atoms with Gasteiger partial charge in [-0.1, -0.05) is 23.2 Å². The van der Waals surface area contributed by atoms with Crippen LogP contribution in [0.4, 0.5) is 5.82 Å². The quantitative estimate of drug-likeness (QED) is 0.815. The van der Waals surface area contributed by atoms with Gasteiger partial charge in [-0.05, 0) is 18.2 Å². The van der Waals surface area contributed by atoms with E-state index in [1.807, 2.05) is 0 Å². The fraction of sp³-hybridized carbons (Fsp3) is 0. The van der Waals surface area contributed by atoms with Gasteiger partial charge >= 0.3 is 0 Å². The molecular weight excluding hydrogens is 221 g/mol. The van der Waals surface area contributed by atoms with Crippen molar-refractivity contribution in [3.63, 3.8) is 0 Å². The molecule has 0 spiro atoms. The van der Waals surface area contributed by atoms with Crippen molar-refractivity contribution in [3.05, 3.63) is 40.5 Å².